The second-order valence-corrected chi connectivity index (χ2v) is 6.21. The summed E-state index contributed by atoms with van der Waals surface area (Å²) in [4.78, 5) is 37.3. The molecule has 1 atom stereocenters. The van der Waals surface area contributed by atoms with Crippen LogP contribution in [0, 0.1) is 16.0 Å². The van der Waals surface area contributed by atoms with Gasteiger partial charge in [-0.05, 0) is 18.2 Å². The quantitative estimate of drug-likeness (QED) is 0.604. The van der Waals surface area contributed by atoms with Gasteiger partial charge in [0.25, 0.3) is 5.69 Å². The number of nitrogens with zero attached hydrogens (tertiary/aromatic N) is 2. The number of amides is 2. The first kappa shape index (κ1) is 19.2. The molecule has 146 valence electrons. The molecule has 0 unspecified atom stereocenters. The molecule has 9 heteroatoms. The van der Waals surface area contributed by atoms with Crippen LogP contribution in [0.5, 0.6) is 11.5 Å². The first-order valence-corrected chi connectivity index (χ1v) is 8.51. The van der Waals surface area contributed by atoms with Gasteiger partial charge in [0, 0.05) is 25.1 Å². The van der Waals surface area contributed by atoms with E-state index in [1.165, 1.54) is 37.3 Å². The number of nitrogens with one attached hydrogen (secondary N) is 1. The number of para-hydroxylation sites is 2. The van der Waals surface area contributed by atoms with Crippen LogP contribution in [-0.2, 0) is 9.59 Å². The van der Waals surface area contributed by atoms with Crippen LogP contribution in [0.2, 0.25) is 0 Å². The summed E-state index contributed by atoms with van der Waals surface area (Å²) >= 11 is 0. The van der Waals surface area contributed by atoms with E-state index in [1.807, 2.05) is 0 Å². The number of benzene rings is 2. The standard InChI is InChI=1S/C19H19N3O6/c1-27-13-7-8-15(22(25)26)14(10-13)20-19(24)12-9-18(23)21(11-12)16-5-3-4-6-17(16)28-2/h3-8,10,12H,9,11H2,1-2H3,(H,20,24)/t12-/m1/s1. The molecule has 2 aromatic rings. The highest BCUT2D eigenvalue weighted by Crippen LogP contribution is 2.34. The summed E-state index contributed by atoms with van der Waals surface area (Å²) in [5.41, 5.74) is 0.357. The maximum Gasteiger partial charge on any atom is 0.293 e. The molecule has 0 saturated carbocycles. The zero-order chi connectivity index (χ0) is 20.3. The number of hydrogen-bond donors (Lipinski definition) is 1. The van der Waals surface area contributed by atoms with Gasteiger partial charge in [-0.15, -0.1) is 0 Å². The molecule has 0 aliphatic carbocycles. The van der Waals surface area contributed by atoms with Crippen LogP contribution in [-0.4, -0.2) is 37.5 Å². The van der Waals surface area contributed by atoms with Crippen LogP contribution in [0.1, 0.15) is 6.42 Å². The van der Waals surface area contributed by atoms with Crippen molar-refractivity contribution in [2.75, 3.05) is 31.0 Å². The van der Waals surface area contributed by atoms with Gasteiger partial charge in [-0.2, -0.15) is 0 Å². The number of nitro groups is 1. The molecule has 2 aromatic carbocycles. The van der Waals surface area contributed by atoms with Crippen LogP contribution < -0.4 is 19.7 Å². The molecule has 2 amide bonds. The van der Waals surface area contributed by atoms with Gasteiger partial charge >= 0.3 is 0 Å². The van der Waals surface area contributed by atoms with Gasteiger partial charge in [-0.1, -0.05) is 12.1 Å². The highest BCUT2D eigenvalue weighted by Gasteiger charge is 2.36. The molecule has 1 N–H and O–H groups in total. The minimum absolute atomic E-state index is 0.00163. The Morgan fingerprint density at radius 1 is 1.21 bits per heavy atom. The molecular weight excluding hydrogens is 366 g/mol. The van der Waals surface area contributed by atoms with Crippen molar-refractivity contribution >= 4 is 28.9 Å². The Balaban J connectivity index is 1.80. The molecule has 1 aliphatic heterocycles. The molecule has 1 heterocycles. The zero-order valence-electron chi connectivity index (χ0n) is 15.4. The summed E-state index contributed by atoms with van der Waals surface area (Å²) in [7, 11) is 2.93. The minimum atomic E-state index is -0.650. The molecule has 1 fully saturated rings. The van der Waals surface area contributed by atoms with Gasteiger partial charge in [0.2, 0.25) is 11.8 Å². The molecule has 28 heavy (non-hydrogen) atoms. The summed E-state index contributed by atoms with van der Waals surface area (Å²) in [5, 5.41) is 13.8. The summed E-state index contributed by atoms with van der Waals surface area (Å²) in [5.74, 6) is -0.436. The summed E-state index contributed by atoms with van der Waals surface area (Å²) in [6, 6.07) is 11.1. The zero-order valence-corrected chi connectivity index (χ0v) is 15.4. The highest BCUT2D eigenvalue weighted by molar-refractivity contribution is 6.04. The van der Waals surface area contributed by atoms with E-state index in [2.05, 4.69) is 5.32 Å². The smallest absolute Gasteiger partial charge is 0.293 e. The number of carbonyl (C=O) groups excluding carboxylic acids is 2. The summed E-state index contributed by atoms with van der Waals surface area (Å²) in [6.07, 6.45) is 0.00163. The molecule has 9 nitrogen and oxygen atoms in total. The van der Waals surface area contributed by atoms with Gasteiger partial charge in [-0.25, -0.2) is 0 Å². The van der Waals surface area contributed by atoms with Crippen LogP contribution in [0.4, 0.5) is 17.1 Å². The van der Waals surface area contributed by atoms with Crippen LogP contribution >= 0.6 is 0 Å². The van der Waals surface area contributed by atoms with Crippen molar-refractivity contribution in [1.82, 2.24) is 0 Å². The minimum Gasteiger partial charge on any atom is -0.497 e. The Labute approximate surface area is 161 Å². The fraction of sp³-hybridized carbons (Fsp3) is 0.263. The number of nitro benzene ring substituents is 1. The lowest BCUT2D eigenvalue weighted by Crippen LogP contribution is -2.28. The van der Waals surface area contributed by atoms with Gasteiger partial charge in [0.1, 0.15) is 17.2 Å². The van der Waals surface area contributed by atoms with Crippen molar-refractivity contribution in [1.29, 1.82) is 0 Å². The van der Waals surface area contributed by atoms with E-state index < -0.39 is 16.7 Å². The topological polar surface area (TPSA) is 111 Å². The lowest BCUT2D eigenvalue weighted by Gasteiger charge is -2.19. The van der Waals surface area contributed by atoms with Crippen LogP contribution in [0.15, 0.2) is 42.5 Å². The second-order valence-electron chi connectivity index (χ2n) is 6.21. The average molecular weight is 385 g/mol. The second kappa shape index (κ2) is 7.95. The molecule has 1 aliphatic rings. The maximum atomic E-state index is 12.7. The first-order chi connectivity index (χ1) is 13.4. The molecule has 1 saturated heterocycles. The van der Waals surface area contributed by atoms with Crippen molar-refractivity contribution in [2.24, 2.45) is 5.92 Å². The lowest BCUT2D eigenvalue weighted by atomic mass is 10.1. The van der Waals surface area contributed by atoms with Gasteiger partial charge in [-0.3, -0.25) is 19.7 Å². The third-order valence-corrected chi connectivity index (χ3v) is 4.53. The van der Waals surface area contributed by atoms with E-state index in [9.17, 15) is 19.7 Å². The summed E-state index contributed by atoms with van der Waals surface area (Å²) in [6.45, 7) is 0.156. The normalized spacial score (nSPS) is 16.0. The number of ether oxygens (including phenoxy) is 2. The van der Waals surface area contributed by atoms with Crippen molar-refractivity contribution in [2.45, 2.75) is 6.42 Å². The Morgan fingerprint density at radius 3 is 2.64 bits per heavy atom. The Bertz CT molecular complexity index is 930. The maximum absolute atomic E-state index is 12.7. The number of rotatable bonds is 6. The number of hydrogen-bond acceptors (Lipinski definition) is 6. The fourth-order valence-electron chi connectivity index (χ4n) is 3.11. The van der Waals surface area contributed by atoms with E-state index >= 15 is 0 Å². The number of anilines is 2. The van der Waals surface area contributed by atoms with Crippen molar-refractivity contribution in [3.63, 3.8) is 0 Å². The third kappa shape index (κ3) is 3.73. The van der Waals surface area contributed by atoms with Gasteiger partial charge in [0.15, 0.2) is 0 Å². The monoisotopic (exact) mass is 385 g/mol. The number of methoxy groups -OCH3 is 2. The van der Waals surface area contributed by atoms with Crippen LogP contribution in [0.25, 0.3) is 0 Å². The van der Waals surface area contributed by atoms with Crippen molar-refractivity contribution < 1.29 is 24.0 Å². The van der Waals surface area contributed by atoms with E-state index in [0.717, 1.165) is 0 Å². The van der Waals surface area contributed by atoms with E-state index in [-0.39, 0.29) is 30.2 Å². The largest absolute Gasteiger partial charge is 0.497 e. The predicted molar refractivity (Wildman–Crippen MR) is 102 cm³/mol. The molecule has 0 bridgehead atoms. The first-order valence-electron chi connectivity index (χ1n) is 8.51. The fourth-order valence-corrected chi connectivity index (χ4v) is 3.11. The van der Waals surface area contributed by atoms with E-state index in [1.54, 1.807) is 24.3 Å². The molecule has 3 rings (SSSR count). The predicted octanol–water partition coefficient (Wildman–Crippen LogP) is 2.60. The van der Waals surface area contributed by atoms with E-state index in [4.69, 9.17) is 9.47 Å². The van der Waals surface area contributed by atoms with Crippen molar-refractivity contribution in [3.8, 4) is 11.5 Å². The molecule has 0 radical (unpaired) electrons. The number of carbonyl (C=O) groups is 2. The molecule has 0 aromatic heterocycles. The third-order valence-electron chi connectivity index (χ3n) is 4.53. The van der Waals surface area contributed by atoms with Gasteiger partial charge < -0.3 is 19.7 Å². The average Bonchev–Trinajstić information content (AvgIpc) is 3.09. The van der Waals surface area contributed by atoms with Crippen molar-refractivity contribution in [3.05, 3.63) is 52.6 Å². The van der Waals surface area contributed by atoms with Gasteiger partial charge in [0.05, 0.1) is 30.7 Å². The molecule has 0 spiro atoms. The Morgan fingerprint density at radius 2 is 1.96 bits per heavy atom. The van der Waals surface area contributed by atoms with Crippen LogP contribution in [0.3, 0.4) is 0 Å². The lowest BCUT2D eigenvalue weighted by molar-refractivity contribution is -0.383. The highest BCUT2D eigenvalue weighted by atomic mass is 16.6. The summed E-state index contributed by atoms with van der Waals surface area (Å²) < 4.78 is 10.3. The van der Waals surface area contributed by atoms with E-state index in [0.29, 0.717) is 17.2 Å². The SMILES string of the molecule is COc1ccc([N+](=O)[O-])c(NC(=O)[C@@H]2CC(=O)N(c3ccccc3OC)C2)c1. The Kier molecular flexibility index (Phi) is 5.44. The Hall–Kier alpha value is -3.62. The molecular formula is C19H19N3O6.